The summed E-state index contributed by atoms with van der Waals surface area (Å²) in [6, 6.07) is 16.4. The molecule has 0 saturated carbocycles. The summed E-state index contributed by atoms with van der Waals surface area (Å²) in [6.07, 6.45) is 0. The molecule has 0 unspecified atom stereocenters. The summed E-state index contributed by atoms with van der Waals surface area (Å²) in [4.78, 5) is 27.9. The van der Waals surface area contributed by atoms with Crippen molar-refractivity contribution in [1.82, 2.24) is 14.7 Å². The topological polar surface area (TPSA) is 64.4 Å². The number of methoxy groups -OCH3 is 1. The van der Waals surface area contributed by atoms with Crippen LogP contribution in [-0.2, 0) is 17.8 Å². The maximum Gasteiger partial charge on any atom is 0.274 e. The van der Waals surface area contributed by atoms with Crippen molar-refractivity contribution in [2.45, 2.75) is 13.1 Å². The normalized spacial score (nSPS) is 10.7. The molecule has 2 heterocycles. The van der Waals surface area contributed by atoms with Crippen LogP contribution in [0.15, 0.2) is 64.8 Å². The molecule has 0 aliphatic rings. The van der Waals surface area contributed by atoms with Gasteiger partial charge in [0.1, 0.15) is 5.69 Å². The fourth-order valence-electron chi connectivity index (χ4n) is 2.64. The number of carbonyl (C=O) groups excluding carboxylic acids is 1. The number of hydrogen-bond acceptors (Lipinski definition) is 5. The Balaban J connectivity index is 1.83. The fraction of sp³-hybridized carbons (Fsp3) is 0.250. The monoisotopic (exact) mass is 383 g/mol. The van der Waals surface area contributed by atoms with Gasteiger partial charge in [-0.05, 0) is 23.1 Å². The first-order valence-electron chi connectivity index (χ1n) is 8.60. The second kappa shape index (κ2) is 9.25. The molecule has 0 saturated heterocycles. The lowest BCUT2D eigenvalue weighted by Gasteiger charge is -2.21. The Labute approximate surface area is 161 Å². The Kier molecular flexibility index (Phi) is 6.51. The molecule has 3 rings (SSSR count). The van der Waals surface area contributed by atoms with Crippen LogP contribution in [0.1, 0.15) is 20.9 Å². The van der Waals surface area contributed by atoms with Crippen LogP contribution in [-0.4, -0.2) is 40.8 Å². The third-order valence-electron chi connectivity index (χ3n) is 4.04. The highest BCUT2D eigenvalue weighted by Crippen LogP contribution is 2.13. The van der Waals surface area contributed by atoms with Gasteiger partial charge in [-0.3, -0.25) is 9.59 Å². The van der Waals surface area contributed by atoms with Crippen molar-refractivity contribution < 1.29 is 9.53 Å². The highest BCUT2D eigenvalue weighted by atomic mass is 32.1. The summed E-state index contributed by atoms with van der Waals surface area (Å²) < 4.78 is 6.45. The van der Waals surface area contributed by atoms with Crippen LogP contribution < -0.4 is 5.56 Å². The van der Waals surface area contributed by atoms with Crippen LogP contribution in [0.5, 0.6) is 0 Å². The minimum atomic E-state index is -0.239. The van der Waals surface area contributed by atoms with Crippen LogP contribution >= 0.6 is 11.3 Å². The van der Waals surface area contributed by atoms with Crippen LogP contribution in [0, 0.1) is 0 Å². The number of hydrogen-bond donors (Lipinski definition) is 0. The smallest absolute Gasteiger partial charge is 0.274 e. The minimum Gasteiger partial charge on any atom is -0.383 e. The number of thiophene rings is 1. The van der Waals surface area contributed by atoms with Crippen molar-refractivity contribution in [3.05, 3.63) is 86.5 Å². The maximum absolute atomic E-state index is 13.0. The van der Waals surface area contributed by atoms with Crippen LogP contribution in [0.4, 0.5) is 0 Å². The summed E-state index contributed by atoms with van der Waals surface area (Å²) >= 11 is 1.59. The second-order valence-electron chi connectivity index (χ2n) is 6.00. The van der Waals surface area contributed by atoms with Crippen molar-refractivity contribution in [1.29, 1.82) is 0 Å². The van der Waals surface area contributed by atoms with E-state index in [9.17, 15) is 9.59 Å². The first-order valence-corrected chi connectivity index (χ1v) is 9.48. The Hall–Kier alpha value is -2.77. The van der Waals surface area contributed by atoms with Gasteiger partial charge in [0.25, 0.3) is 11.5 Å². The zero-order valence-electron chi connectivity index (χ0n) is 15.1. The van der Waals surface area contributed by atoms with Crippen molar-refractivity contribution in [3.8, 4) is 0 Å². The van der Waals surface area contributed by atoms with Crippen molar-refractivity contribution in [2.75, 3.05) is 20.3 Å². The second-order valence-corrected chi connectivity index (χ2v) is 7.03. The molecule has 1 aromatic carbocycles. The van der Waals surface area contributed by atoms with Crippen LogP contribution in [0.3, 0.4) is 0 Å². The highest BCUT2D eigenvalue weighted by molar-refractivity contribution is 7.09. The predicted molar refractivity (Wildman–Crippen MR) is 105 cm³/mol. The summed E-state index contributed by atoms with van der Waals surface area (Å²) in [7, 11) is 1.60. The van der Waals surface area contributed by atoms with Gasteiger partial charge in [-0.15, -0.1) is 11.3 Å². The van der Waals surface area contributed by atoms with E-state index in [-0.39, 0.29) is 17.2 Å². The maximum atomic E-state index is 13.0. The molecule has 0 radical (unpaired) electrons. The van der Waals surface area contributed by atoms with Crippen molar-refractivity contribution in [2.24, 2.45) is 0 Å². The molecule has 7 heteroatoms. The molecule has 3 aromatic rings. The SMILES string of the molecule is COCCN(Cc1cccs1)C(=O)c1ccc(=O)n(Cc2ccccc2)n1. The van der Waals surface area contributed by atoms with E-state index in [1.807, 2.05) is 47.8 Å². The standard InChI is InChI=1S/C20H21N3O3S/c1-26-12-11-22(15-17-8-5-13-27-17)20(25)18-9-10-19(24)23(21-18)14-16-6-3-2-4-7-16/h2-10,13H,11-12,14-15H2,1H3. The van der Waals surface area contributed by atoms with E-state index in [1.165, 1.54) is 16.8 Å². The molecule has 0 bridgehead atoms. The van der Waals surface area contributed by atoms with Gasteiger partial charge in [0.2, 0.25) is 0 Å². The predicted octanol–water partition coefficient (Wildman–Crippen LogP) is 2.64. The average molecular weight is 383 g/mol. The Bertz CT molecular complexity index is 923. The van der Waals surface area contributed by atoms with E-state index in [4.69, 9.17) is 4.74 Å². The van der Waals surface area contributed by atoms with E-state index in [1.54, 1.807) is 23.3 Å². The molecular weight excluding hydrogens is 362 g/mol. The minimum absolute atomic E-state index is 0.220. The zero-order chi connectivity index (χ0) is 19.1. The summed E-state index contributed by atoms with van der Waals surface area (Å²) in [5.41, 5.74) is 0.960. The third kappa shape index (κ3) is 5.12. The molecule has 6 nitrogen and oxygen atoms in total. The number of carbonyl (C=O) groups is 1. The van der Waals surface area contributed by atoms with Gasteiger partial charge in [0, 0.05) is 24.6 Å². The summed E-state index contributed by atoms with van der Waals surface area (Å²) in [5.74, 6) is -0.220. The molecule has 140 valence electrons. The number of benzene rings is 1. The molecule has 0 N–H and O–H groups in total. The number of aromatic nitrogens is 2. The number of rotatable bonds is 8. The van der Waals surface area contributed by atoms with E-state index < -0.39 is 0 Å². The van der Waals surface area contributed by atoms with Gasteiger partial charge in [0.05, 0.1) is 19.7 Å². The number of nitrogens with zero attached hydrogens (tertiary/aromatic N) is 3. The van der Waals surface area contributed by atoms with Crippen LogP contribution in [0.2, 0.25) is 0 Å². The van der Waals surface area contributed by atoms with Gasteiger partial charge in [-0.2, -0.15) is 5.10 Å². The van der Waals surface area contributed by atoms with Gasteiger partial charge in [-0.25, -0.2) is 4.68 Å². The Morgan fingerprint density at radius 2 is 1.96 bits per heavy atom. The Morgan fingerprint density at radius 1 is 1.15 bits per heavy atom. The van der Waals surface area contributed by atoms with Gasteiger partial charge < -0.3 is 9.64 Å². The first kappa shape index (κ1) is 19.0. The largest absolute Gasteiger partial charge is 0.383 e. The van der Waals surface area contributed by atoms with E-state index in [0.29, 0.717) is 26.2 Å². The lowest BCUT2D eigenvalue weighted by molar-refractivity contribution is 0.0674. The van der Waals surface area contributed by atoms with Gasteiger partial charge >= 0.3 is 0 Å². The molecule has 0 aliphatic heterocycles. The van der Waals surface area contributed by atoms with E-state index >= 15 is 0 Å². The van der Waals surface area contributed by atoms with Crippen LogP contribution in [0.25, 0.3) is 0 Å². The fourth-order valence-corrected chi connectivity index (χ4v) is 3.36. The van der Waals surface area contributed by atoms with Gasteiger partial charge in [0.15, 0.2) is 0 Å². The molecule has 27 heavy (non-hydrogen) atoms. The molecular formula is C20H21N3O3S. The molecule has 0 aliphatic carbocycles. The third-order valence-corrected chi connectivity index (χ3v) is 4.90. The average Bonchev–Trinajstić information content (AvgIpc) is 3.20. The lowest BCUT2D eigenvalue weighted by atomic mass is 10.2. The molecule has 1 amide bonds. The number of ether oxygens (including phenoxy) is 1. The Morgan fingerprint density at radius 3 is 2.67 bits per heavy atom. The number of amides is 1. The van der Waals surface area contributed by atoms with Crippen molar-refractivity contribution in [3.63, 3.8) is 0 Å². The van der Waals surface area contributed by atoms with E-state index in [0.717, 1.165) is 10.4 Å². The molecule has 0 fully saturated rings. The first-order chi connectivity index (χ1) is 13.2. The molecule has 2 aromatic heterocycles. The summed E-state index contributed by atoms with van der Waals surface area (Å²) in [5, 5.41) is 6.28. The summed E-state index contributed by atoms with van der Waals surface area (Å²) in [6.45, 7) is 1.69. The zero-order valence-corrected chi connectivity index (χ0v) is 15.9. The molecule has 0 atom stereocenters. The van der Waals surface area contributed by atoms with Gasteiger partial charge in [-0.1, -0.05) is 36.4 Å². The highest BCUT2D eigenvalue weighted by Gasteiger charge is 2.19. The quantitative estimate of drug-likeness (QED) is 0.600. The lowest BCUT2D eigenvalue weighted by Crippen LogP contribution is -2.35. The van der Waals surface area contributed by atoms with E-state index in [2.05, 4.69) is 5.10 Å². The van der Waals surface area contributed by atoms with Crippen molar-refractivity contribution >= 4 is 17.2 Å². The molecule has 0 spiro atoms.